The lowest BCUT2D eigenvalue weighted by Gasteiger charge is -2.29. The molecule has 4 aromatic rings. The van der Waals surface area contributed by atoms with E-state index in [1.165, 1.54) is 0 Å². The van der Waals surface area contributed by atoms with E-state index in [1.807, 2.05) is 44.3 Å². The van der Waals surface area contributed by atoms with Crippen LogP contribution < -0.4 is 10.2 Å². The monoisotopic (exact) mass is 427 g/mol. The van der Waals surface area contributed by atoms with Crippen molar-refractivity contribution in [3.05, 3.63) is 60.2 Å². The Morgan fingerprint density at radius 2 is 1.94 bits per heavy atom. The zero-order chi connectivity index (χ0) is 22.1. The lowest BCUT2D eigenvalue weighted by atomic mass is 10.0. The molecular weight excluding hydrogens is 402 g/mol. The smallest absolute Gasteiger partial charge is 0.198 e. The molecule has 8 heteroatoms. The first kappa shape index (κ1) is 20.1. The normalized spacial score (nSPS) is 14.8. The molecule has 0 unspecified atom stereocenters. The minimum absolute atomic E-state index is 0.0699. The molecule has 0 radical (unpaired) electrons. The summed E-state index contributed by atoms with van der Waals surface area (Å²) in [6.45, 7) is 7.81. The molecule has 0 aliphatic carbocycles. The molecule has 1 aliphatic heterocycles. The molecule has 32 heavy (non-hydrogen) atoms. The highest BCUT2D eigenvalue weighted by molar-refractivity contribution is 6.13. The number of aromatic hydroxyl groups is 1. The molecule has 8 nitrogen and oxygen atoms in total. The van der Waals surface area contributed by atoms with Crippen LogP contribution in [0.25, 0.3) is 22.2 Å². The molecule has 5 rings (SSSR count). The number of H-pyrrole nitrogens is 1. The Hall–Kier alpha value is -3.78. The van der Waals surface area contributed by atoms with Gasteiger partial charge >= 0.3 is 0 Å². The molecule has 0 amide bonds. The number of aromatic amines is 1. The second-order valence-corrected chi connectivity index (χ2v) is 7.96. The zero-order valence-corrected chi connectivity index (χ0v) is 18.1. The molecule has 3 N–H and O–H groups in total. The van der Waals surface area contributed by atoms with Crippen LogP contribution in [0.3, 0.4) is 0 Å². The SMILES string of the molecule is CC(=Nc1ccc(N2CCNCC2)cn1)c1c(O)[nH]c2cnc(-c3cnccc3C)cc12. The summed E-state index contributed by atoms with van der Waals surface area (Å²) in [7, 11) is 0. The fourth-order valence-electron chi connectivity index (χ4n) is 4.11. The average molecular weight is 428 g/mol. The highest BCUT2D eigenvalue weighted by Crippen LogP contribution is 2.32. The molecule has 0 atom stereocenters. The molecule has 162 valence electrons. The number of fused-ring (bicyclic) bond motifs is 1. The van der Waals surface area contributed by atoms with E-state index < -0.39 is 0 Å². The van der Waals surface area contributed by atoms with Gasteiger partial charge in [-0.05, 0) is 43.7 Å². The lowest BCUT2D eigenvalue weighted by molar-refractivity contribution is 0.457. The molecular formula is C24H25N7O. The number of aromatic nitrogens is 4. The van der Waals surface area contributed by atoms with E-state index in [9.17, 15) is 5.11 Å². The number of rotatable bonds is 4. The van der Waals surface area contributed by atoms with Crippen LogP contribution in [0.5, 0.6) is 5.88 Å². The van der Waals surface area contributed by atoms with E-state index in [4.69, 9.17) is 0 Å². The Labute approximate surface area is 186 Å². The van der Waals surface area contributed by atoms with Crippen molar-refractivity contribution < 1.29 is 5.11 Å². The summed E-state index contributed by atoms with van der Waals surface area (Å²) in [6, 6.07) is 7.88. The Balaban J connectivity index is 1.49. The Kier molecular flexibility index (Phi) is 5.28. The lowest BCUT2D eigenvalue weighted by Crippen LogP contribution is -2.43. The Morgan fingerprint density at radius 3 is 2.69 bits per heavy atom. The van der Waals surface area contributed by atoms with Crippen molar-refractivity contribution in [1.82, 2.24) is 25.3 Å². The largest absolute Gasteiger partial charge is 0.494 e. The molecule has 5 heterocycles. The molecule has 4 aromatic heterocycles. The van der Waals surface area contributed by atoms with Crippen LogP contribution >= 0.6 is 0 Å². The number of nitrogens with zero attached hydrogens (tertiary/aromatic N) is 5. The topological polar surface area (TPSA) is 102 Å². The first-order valence-electron chi connectivity index (χ1n) is 10.7. The highest BCUT2D eigenvalue weighted by atomic mass is 16.3. The van der Waals surface area contributed by atoms with Crippen molar-refractivity contribution >= 4 is 28.1 Å². The summed E-state index contributed by atoms with van der Waals surface area (Å²) >= 11 is 0. The van der Waals surface area contributed by atoms with Crippen LogP contribution in [0, 0.1) is 6.92 Å². The van der Waals surface area contributed by atoms with Gasteiger partial charge in [0.25, 0.3) is 0 Å². The summed E-state index contributed by atoms with van der Waals surface area (Å²) in [5, 5.41) is 14.8. The van der Waals surface area contributed by atoms with E-state index in [0.717, 1.165) is 59.6 Å². The number of anilines is 1. The van der Waals surface area contributed by atoms with Crippen molar-refractivity contribution in [2.24, 2.45) is 4.99 Å². The maximum Gasteiger partial charge on any atom is 0.198 e. The average Bonchev–Trinajstić information content (AvgIpc) is 3.15. The summed E-state index contributed by atoms with van der Waals surface area (Å²) in [5.41, 5.74) is 6.03. The second kappa shape index (κ2) is 8.39. The Bertz CT molecular complexity index is 1290. The summed E-state index contributed by atoms with van der Waals surface area (Å²) < 4.78 is 0. The number of aliphatic imine (C=N–C) groups is 1. The van der Waals surface area contributed by atoms with Gasteiger partial charge in [0.2, 0.25) is 0 Å². The van der Waals surface area contributed by atoms with Gasteiger partial charge in [-0.15, -0.1) is 0 Å². The third kappa shape index (κ3) is 3.80. The maximum absolute atomic E-state index is 10.6. The summed E-state index contributed by atoms with van der Waals surface area (Å²) in [5.74, 6) is 0.674. The number of pyridine rings is 3. The van der Waals surface area contributed by atoms with Crippen LogP contribution in [0.15, 0.2) is 54.0 Å². The van der Waals surface area contributed by atoms with Gasteiger partial charge in [0.15, 0.2) is 11.7 Å². The van der Waals surface area contributed by atoms with Crippen molar-refractivity contribution in [1.29, 1.82) is 0 Å². The van der Waals surface area contributed by atoms with Crippen LogP contribution in [0.4, 0.5) is 11.5 Å². The predicted molar refractivity (Wildman–Crippen MR) is 127 cm³/mol. The quantitative estimate of drug-likeness (QED) is 0.430. The molecule has 1 aliphatic rings. The van der Waals surface area contributed by atoms with Crippen LogP contribution in [-0.4, -0.2) is 56.9 Å². The molecule has 1 fully saturated rings. The van der Waals surface area contributed by atoms with Crippen LogP contribution in [-0.2, 0) is 0 Å². The zero-order valence-electron chi connectivity index (χ0n) is 18.1. The highest BCUT2D eigenvalue weighted by Gasteiger charge is 2.16. The van der Waals surface area contributed by atoms with Gasteiger partial charge in [0.1, 0.15) is 0 Å². The first-order valence-corrected chi connectivity index (χ1v) is 10.7. The van der Waals surface area contributed by atoms with E-state index in [2.05, 4.69) is 35.1 Å². The van der Waals surface area contributed by atoms with Gasteiger partial charge < -0.3 is 20.3 Å². The third-order valence-corrected chi connectivity index (χ3v) is 5.84. The molecule has 0 spiro atoms. The minimum Gasteiger partial charge on any atom is -0.494 e. The number of aryl methyl sites for hydroxylation is 1. The van der Waals surface area contributed by atoms with Crippen molar-refractivity contribution in [2.45, 2.75) is 13.8 Å². The molecule has 1 saturated heterocycles. The third-order valence-electron chi connectivity index (χ3n) is 5.84. The number of hydrogen-bond donors (Lipinski definition) is 3. The fraction of sp³-hybridized carbons (Fsp3) is 0.250. The van der Waals surface area contributed by atoms with Crippen molar-refractivity contribution in [2.75, 3.05) is 31.1 Å². The van der Waals surface area contributed by atoms with Gasteiger partial charge in [-0.25, -0.2) is 9.98 Å². The minimum atomic E-state index is 0.0699. The van der Waals surface area contributed by atoms with Gasteiger partial charge in [0, 0.05) is 49.5 Å². The van der Waals surface area contributed by atoms with Gasteiger partial charge in [-0.1, -0.05) is 0 Å². The van der Waals surface area contributed by atoms with Crippen molar-refractivity contribution in [3.63, 3.8) is 0 Å². The maximum atomic E-state index is 10.6. The van der Waals surface area contributed by atoms with Gasteiger partial charge in [0.05, 0.1) is 40.6 Å². The number of nitrogens with one attached hydrogen (secondary N) is 2. The van der Waals surface area contributed by atoms with Crippen molar-refractivity contribution in [3.8, 4) is 17.1 Å². The van der Waals surface area contributed by atoms with Crippen LogP contribution in [0.2, 0.25) is 0 Å². The predicted octanol–water partition coefficient (Wildman–Crippen LogP) is 3.58. The van der Waals surface area contributed by atoms with Crippen LogP contribution in [0.1, 0.15) is 18.1 Å². The molecule has 0 saturated carbocycles. The van der Waals surface area contributed by atoms with Gasteiger partial charge in [-0.2, -0.15) is 0 Å². The summed E-state index contributed by atoms with van der Waals surface area (Å²) in [6.07, 6.45) is 7.16. The van der Waals surface area contributed by atoms with E-state index in [-0.39, 0.29) is 5.88 Å². The molecule has 0 bridgehead atoms. The first-order chi connectivity index (χ1) is 15.6. The Morgan fingerprint density at radius 1 is 1.09 bits per heavy atom. The molecule has 0 aromatic carbocycles. The summed E-state index contributed by atoms with van der Waals surface area (Å²) in [4.78, 5) is 23.3. The number of piperazine rings is 1. The second-order valence-electron chi connectivity index (χ2n) is 7.96. The van der Waals surface area contributed by atoms with Gasteiger partial charge in [-0.3, -0.25) is 9.97 Å². The van der Waals surface area contributed by atoms with E-state index >= 15 is 0 Å². The number of hydrogen-bond acceptors (Lipinski definition) is 7. The standard InChI is InChI=1S/C24H25N7O/c1-15-5-6-26-13-19(15)20-11-18-21(14-27-20)30-24(32)23(18)16(2)29-22-4-3-17(12-28-22)31-9-7-25-8-10-31/h3-6,11-14,25,30,32H,7-10H2,1-2H3. The van der Waals surface area contributed by atoms with E-state index in [1.54, 1.807) is 18.6 Å². The fourth-order valence-corrected chi connectivity index (χ4v) is 4.11. The van der Waals surface area contributed by atoms with E-state index in [0.29, 0.717) is 17.1 Å².